The summed E-state index contributed by atoms with van der Waals surface area (Å²) in [4.78, 5) is 23.9. The smallest absolute Gasteiger partial charge is 0.308 e. The molecule has 4 nitrogen and oxygen atoms in total. The second-order valence-corrected chi connectivity index (χ2v) is 11.3. The maximum Gasteiger partial charge on any atom is 0.308 e. The van der Waals surface area contributed by atoms with E-state index in [2.05, 4.69) is 13.8 Å². The number of rotatable bonds is 29. The van der Waals surface area contributed by atoms with Crippen molar-refractivity contribution in [2.45, 2.75) is 181 Å². The maximum atomic E-state index is 12.1. The van der Waals surface area contributed by atoms with Gasteiger partial charge >= 0.3 is 11.9 Å². The van der Waals surface area contributed by atoms with Gasteiger partial charge in [-0.05, 0) is 25.7 Å². The highest BCUT2D eigenvalue weighted by molar-refractivity contribution is 5.71. The zero-order valence-corrected chi connectivity index (χ0v) is 25.3. The summed E-state index contributed by atoms with van der Waals surface area (Å²) in [5.74, 6) is 0.0360. The summed E-state index contributed by atoms with van der Waals surface area (Å²) >= 11 is 0. The summed E-state index contributed by atoms with van der Waals surface area (Å²) in [5.41, 5.74) is 0. The second kappa shape index (κ2) is 29.5. The predicted octanol–water partition coefficient (Wildman–Crippen LogP) is 10.5. The Bertz CT molecular complexity index is 491. The molecular formula is C33H64O4. The summed E-state index contributed by atoms with van der Waals surface area (Å²) in [6.45, 7) is 7.68. The molecule has 0 aliphatic heterocycles. The molecule has 0 aliphatic rings. The fourth-order valence-corrected chi connectivity index (χ4v) is 4.77. The van der Waals surface area contributed by atoms with Crippen LogP contribution in [0.5, 0.6) is 0 Å². The van der Waals surface area contributed by atoms with Crippen molar-refractivity contribution in [3.8, 4) is 0 Å². The number of unbranched alkanes of at least 4 members (excludes halogenated alkanes) is 20. The lowest BCUT2D eigenvalue weighted by molar-refractivity contribution is -0.148. The van der Waals surface area contributed by atoms with Crippen LogP contribution >= 0.6 is 0 Å². The van der Waals surface area contributed by atoms with Gasteiger partial charge in [0, 0.05) is 6.42 Å². The standard InChI is InChI=1S/C33H64O4/c1-4-6-8-10-21-25-29-36-32(34)28-24-20-18-16-14-12-13-15-17-19-23-27-31(3)33(35)37-30-26-22-11-9-7-5-2/h31H,4-30H2,1-3H3. The van der Waals surface area contributed by atoms with Crippen molar-refractivity contribution in [1.29, 1.82) is 0 Å². The normalized spacial score (nSPS) is 12.0. The topological polar surface area (TPSA) is 52.6 Å². The summed E-state index contributed by atoms with van der Waals surface area (Å²) in [5, 5.41) is 0. The van der Waals surface area contributed by atoms with Crippen molar-refractivity contribution >= 4 is 11.9 Å². The molecule has 0 aliphatic carbocycles. The van der Waals surface area contributed by atoms with E-state index >= 15 is 0 Å². The fraction of sp³-hybridized carbons (Fsp3) is 0.939. The third-order valence-corrected chi connectivity index (χ3v) is 7.42. The molecule has 0 aromatic carbocycles. The predicted molar refractivity (Wildman–Crippen MR) is 158 cm³/mol. The number of carbonyl (C=O) groups excluding carboxylic acids is 2. The van der Waals surface area contributed by atoms with Crippen molar-refractivity contribution in [3.05, 3.63) is 0 Å². The minimum atomic E-state index is -0.00647. The van der Waals surface area contributed by atoms with Gasteiger partial charge in [-0.2, -0.15) is 0 Å². The third kappa shape index (κ3) is 27.8. The fourth-order valence-electron chi connectivity index (χ4n) is 4.77. The molecule has 0 N–H and O–H groups in total. The Morgan fingerprint density at radius 1 is 0.486 bits per heavy atom. The molecule has 0 fully saturated rings. The average molecular weight is 525 g/mol. The van der Waals surface area contributed by atoms with Gasteiger partial charge in [0.2, 0.25) is 0 Å². The van der Waals surface area contributed by atoms with Crippen LogP contribution in [-0.4, -0.2) is 25.2 Å². The van der Waals surface area contributed by atoms with Gasteiger partial charge in [0.05, 0.1) is 19.1 Å². The monoisotopic (exact) mass is 524 g/mol. The number of carbonyl (C=O) groups is 2. The first-order valence-electron chi connectivity index (χ1n) is 16.4. The zero-order valence-electron chi connectivity index (χ0n) is 25.3. The van der Waals surface area contributed by atoms with Crippen molar-refractivity contribution in [2.75, 3.05) is 13.2 Å². The van der Waals surface area contributed by atoms with E-state index in [1.807, 2.05) is 6.92 Å². The second-order valence-electron chi connectivity index (χ2n) is 11.3. The molecule has 4 heteroatoms. The molecule has 0 aromatic heterocycles. The maximum absolute atomic E-state index is 12.1. The van der Waals surface area contributed by atoms with Crippen molar-refractivity contribution in [1.82, 2.24) is 0 Å². The van der Waals surface area contributed by atoms with E-state index in [1.165, 1.54) is 116 Å². The lowest BCUT2D eigenvalue weighted by Gasteiger charge is -2.11. The van der Waals surface area contributed by atoms with Gasteiger partial charge in [-0.1, -0.05) is 149 Å². The first-order valence-corrected chi connectivity index (χ1v) is 16.4. The minimum Gasteiger partial charge on any atom is -0.466 e. The molecule has 0 rings (SSSR count). The third-order valence-electron chi connectivity index (χ3n) is 7.42. The van der Waals surface area contributed by atoms with E-state index < -0.39 is 0 Å². The van der Waals surface area contributed by atoms with E-state index in [1.54, 1.807) is 0 Å². The molecule has 0 heterocycles. The van der Waals surface area contributed by atoms with Crippen molar-refractivity contribution in [2.24, 2.45) is 5.92 Å². The van der Waals surface area contributed by atoms with Crippen LogP contribution < -0.4 is 0 Å². The highest BCUT2D eigenvalue weighted by Gasteiger charge is 2.13. The molecule has 1 atom stereocenters. The van der Waals surface area contributed by atoms with Gasteiger partial charge in [-0.15, -0.1) is 0 Å². The number of hydrogen-bond acceptors (Lipinski definition) is 4. The Balaban J connectivity index is 3.31. The Hall–Kier alpha value is -1.06. The zero-order chi connectivity index (χ0) is 27.2. The summed E-state index contributed by atoms with van der Waals surface area (Å²) in [7, 11) is 0. The molecule has 1 unspecified atom stereocenters. The van der Waals surface area contributed by atoms with Crippen molar-refractivity contribution in [3.63, 3.8) is 0 Å². The molecule has 0 saturated heterocycles. The highest BCUT2D eigenvalue weighted by Crippen LogP contribution is 2.16. The van der Waals surface area contributed by atoms with E-state index in [-0.39, 0.29) is 17.9 Å². The van der Waals surface area contributed by atoms with Gasteiger partial charge in [0.25, 0.3) is 0 Å². The minimum absolute atomic E-state index is 0.00128. The molecule has 0 bridgehead atoms. The lowest BCUT2D eigenvalue weighted by atomic mass is 10.0. The molecule has 0 saturated carbocycles. The van der Waals surface area contributed by atoms with Crippen LogP contribution in [0.15, 0.2) is 0 Å². The summed E-state index contributed by atoms with van der Waals surface area (Å²) < 4.78 is 10.8. The quantitative estimate of drug-likeness (QED) is 0.0721. The Kier molecular flexibility index (Phi) is 28.7. The van der Waals surface area contributed by atoms with Gasteiger partial charge in [0.1, 0.15) is 0 Å². The van der Waals surface area contributed by atoms with E-state index in [0.717, 1.165) is 38.5 Å². The molecule has 0 radical (unpaired) electrons. The SMILES string of the molecule is CCCCCCCCOC(=O)CCCCCCCCCCCCCC(C)C(=O)OCCCCCCCC. The largest absolute Gasteiger partial charge is 0.466 e. The van der Waals surface area contributed by atoms with Crippen LogP contribution in [0.2, 0.25) is 0 Å². The molecular weight excluding hydrogens is 460 g/mol. The number of hydrogen-bond donors (Lipinski definition) is 0. The van der Waals surface area contributed by atoms with E-state index in [0.29, 0.717) is 19.6 Å². The van der Waals surface area contributed by atoms with Crippen LogP contribution in [0.25, 0.3) is 0 Å². The summed E-state index contributed by atoms with van der Waals surface area (Å²) in [6.07, 6.45) is 29.8. The first kappa shape index (κ1) is 35.9. The van der Waals surface area contributed by atoms with Crippen LogP contribution in [-0.2, 0) is 19.1 Å². The summed E-state index contributed by atoms with van der Waals surface area (Å²) in [6, 6.07) is 0. The van der Waals surface area contributed by atoms with Crippen LogP contribution in [0.4, 0.5) is 0 Å². The molecule has 37 heavy (non-hydrogen) atoms. The Morgan fingerprint density at radius 3 is 1.35 bits per heavy atom. The lowest BCUT2D eigenvalue weighted by Crippen LogP contribution is -2.15. The van der Waals surface area contributed by atoms with Crippen molar-refractivity contribution < 1.29 is 19.1 Å². The van der Waals surface area contributed by atoms with Gasteiger partial charge < -0.3 is 9.47 Å². The van der Waals surface area contributed by atoms with Gasteiger partial charge in [0.15, 0.2) is 0 Å². The first-order chi connectivity index (χ1) is 18.1. The molecule has 0 aromatic rings. The molecule has 220 valence electrons. The van der Waals surface area contributed by atoms with Crippen LogP contribution in [0.3, 0.4) is 0 Å². The Morgan fingerprint density at radius 2 is 0.865 bits per heavy atom. The van der Waals surface area contributed by atoms with E-state index in [9.17, 15) is 9.59 Å². The average Bonchev–Trinajstić information content (AvgIpc) is 2.90. The highest BCUT2D eigenvalue weighted by atomic mass is 16.5. The van der Waals surface area contributed by atoms with E-state index in [4.69, 9.17) is 9.47 Å². The molecule has 0 spiro atoms. The number of esters is 2. The number of ether oxygens (including phenoxy) is 2. The van der Waals surface area contributed by atoms with Crippen LogP contribution in [0.1, 0.15) is 181 Å². The van der Waals surface area contributed by atoms with Gasteiger partial charge in [-0.25, -0.2) is 0 Å². The van der Waals surface area contributed by atoms with Crippen LogP contribution in [0, 0.1) is 5.92 Å². The Labute approximate surface area is 231 Å². The van der Waals surface area contributed by atoms with Gasteiger partial charge in [-0.3, -0.25) is 9.59 Å². The molecule has 0 amide bonds.